The van der Waals surface area contributed by atoms with Gasteiger partial charge >= 0.3 is 0 Å². The topological polar surface area (TPSA) is 33.5 Å². The Kier molecular flexibility index (Phi) is 4.63. The zero-order valence-corrected chi connectivity index (χ0v) is 14.1. The first-order chi connectivity index (χ1) is 11.1. The van der Waals surface area contributed by atoms with Crippen LogP contribution in [0.5, 0.6) is 0 Å². The molecule has 0 aliphatic rings. The number of hydrogen-bond acceptors (Lipinski definition) is 3. The van der Waals surface area contributed by atoms with Crippen molar-refractivity contribution in [1.82, 2.24) is 4.90 Å². The average Bonchev–Trinajstić information content (AvgIpc) is 3.18. The largest absolute Gasteiger partial charge is 0.472 e. The minimum atomic E-state index is 0.0476. The Morgan fingerprint density at radius 1 is 1.13 bits per heavy atom. The smallest absolute Gasteiger partial charge is 0.254 e. The number of nitrogens with zero attached hydrogens (tertiary/aromatic N) is 1. The number of furan rings is 1. The molecule has 2 heterocycles. The molecule has 0 saturated heterocycles. The molecule has 0 bridgehead atoms. The van der Waals surface area contributed by atoms with E-state index < -0.39 is 0 Å². The van der Waals surface area contributed by atoms with Crippen LogP contribution in [0.2, 0.25) is 0 Å². The fourth-order valence-electron chi connectivity index (χ4n) is 2.67. The fraction of sp³-hybridized carbons (Fsp3) is 0.211. The van der Waals surface area contributed by atoms with Gasteiger partial charge in [0.15, 0.2) is 0 Å². The van der Waals surface area contributed by atoms with Gasteiger partial charge in [0.05, 0.1) is 19.1 Å². The predicted molar refractivity (Wildman–Crippen MR) is 92.5 cm³/mol. The first-order valence-corrected chi connectivity index (χ1v) is 8.41. The number of carbonyl (C=O) groups excluding carboxylic acids is 1. The first-order valence-electron chi connectivity index (χ1n) is 7.53. The van der Waals surface area contributed by atoms with E-state index in [0.29, 0.717) is 13.1 Å². The van der Waals surface area contributed by atoms with Crippen molar-refractivity contribution in [3.63, 3.8) is 0 Å². The molecule has 23 heavy (non-hydrogen) atoms. The lowest BCUT2D eigenvalue weighted by atomic mass is 10.1. The van der Waals surface area contributed by atoms with Gasteiger partial charge in [-0.1, -0.05) is 23.3 Å². The maximum atomic E-state index is 13.0. The standard InChI is InChI=1S/C19H19NO2S/c1-14-8-15(2)10-17(9-14)19(21)20(11-16-5-6-22-13-16)12-18-4-3-7-23-18/h3-10,13H,11-12H2,1-2H3. The van der Waals surface area contributed by atoms with Crippen molar-refractivity contribution < 1.29 is 9.21 Å². The lowest BCUT2D eigenvalue weighted by Gasteiger charge is -2.22. The lowest BCUT2D eigenvalue weighted by molar-refractivity contribution is 0.0731. The molecule has 0 radical (unpaired) electrons. The summed E-state index contributed by atoms with van der Waals surface area (Å²) in [5.74, 6) is 0.0476. The number of rotatable bonds is 5. The third-order valence-electron chi connectivity index (χ3n) is 3.64. The van der Waals surface area contributed by atoms with Crippen LogP contribution in [0, 0.1) is 13.8 Å². The Hall–Kier alpha value is -2.33. The summed E-state index contributed by atoms with van der Waals surface area (Å²) in [4.78, 5) is 16.0. The van der Waals surface area contributed by atoms with Crippen molar-refractivity contribution in [3.8, 4) is 0 Å². The van der Waals surface area contributed by atoms with Gasteiger partial charge in [0.25, 0.3) is 5.91 Å². The van der Waals surface area contributed by atoms with Gasteiger partial charge in [0.2, 0.25) is 0 Å². The van der Waals surface area contributed by atoms with Gasteiger partial charge in [-0.2, -0.15) is 0 Å². The molecule has 0 saturated carbocycles. The summed E-state index contributed by atoms with van der Waals surface area (Å²) in [5, 5.41) is 2.03. The molecule has 0 aliphatic carbocycles. The normalized spacial score (nSPS) is 10.7. The monoisotopic (exact) mass is 325 g/mol. The van der Waals surface area contributed by atoms with Crippen LogP contribution >= 0.6 is 11.3 Å². The first kappa shape index (κ1) is 15.6. The van der Waals surface area contributed by atoms with Crippen molar-refractivity contribution >= 4 is 17.2 Å². The van der Waals surface area contributed by atoms with Crippen LogP contribution in [-0.2, 0) is 13.1 Å². The van der Waals surface area contributed by atoms with E-state index in [2.05, 4.69) is 12.1 Å². The Morgan fingerprint density at radius 2 is 1.91 bits per heavy atom. The zero-order chi connectivity index (χ0) is 16.2. The van der Waals surface area contributed by atoms with Gasteiger partial charge in [0.1, 0.15) is 0 Å². The molecule has 3 aromatic rings. The van der Waals surface area contributed by atoms with Gasteiger partial charge in [-0.05, 0) is 43.5 Å². The minimum Gasteiger partial charge on any atom is -0.472 e. The fourth-order valence-corrected chi connectivity index (χ4v) is 3.39. The van der Waals surface area contributed by atoms with Crippen molar-refractivity contribution in [1.29, 1.82) is 0 Å². The second kappa shape index (κ2) is 6.84. The van der Waals surface area contributed by atoms with E-state index in [1.807, 2.05) is 48.4 Å². The van der Waals surface area contributed by atoms with Crippen LogP contribution in [0.25, 0.3) is 0 Å². The molecule has 1 aromatic carbocycles. The number of hydrogen-bond donors (Lipinski definition) is 0. The molecule has 0 fully saturated rings. The van der Waals surface area contributed by atoms with Crippen LogP contribution in [0.3, 0.4) is 0 Å². The highest BCUT2D eigenvalue weighted by molar-refractivity contribution is 7.09. The van der Waals surface area contributed by atoms with E-state index in [0.717, 1.165) is 22.3 Å². The highest BCUT2D eigenvalue weighted by Gasteiger charge is 2.18. The number of aryl methyl sites for hydroxylation is 2. The van der Waals surface area contributed by atoms with Gasteiger partial charge in [-0.25, -0.2) is 0 Å². The van der Waals surface area contributed by atoms with Crippen LogP contribution < -0.4 is 0 Å². The second-order valence-electron chi connectivity index (χ2n) is 5.75. The van der Waals surface area contributed by atoms with Crippen LogP contribution in [0.4, 0.5) is 0 Å². The molecule has 0 spiro atoms. The molecular weight excluding hydrogens is 306 g/mol. The minimum absolute atomic E-state index is 0.0476. The molecule has 0 atom stereocenters. The average molecular weight is 325 g/mol. The van der Waals surface area contributed by atoms with E-state index >= 15 is 0 Å². The van der Waals surface area contributed by atoms with E-state index in [4.69, 9.17) is 4.42 Å². The Morgan fingerprint density at radius 3 is 2.52 bits per heavy atom. The number of carbonyl (C=O) groups is 1. The SMILES string of the molecule is Cc1cc(C)cc(C(=O)N(Cc2ccoc2)Cc2cccs2)c1. The summed E-state index contributed by atoms with van der Waals surface area (Å²) < 4.78 is 5.14. The highest BCUT2D eigenvalue weighted by atomic mass is 32.1. The van der Waals surface area contributed by atoms with Crippen molar-refractivity contribution in [2.24, 2.45) is 0 Å². The van der Waals surface area contributed by atoms with Crippen molar-refractivity contribution in [2.75, 3.05) is 0 Å². The molecule has 3 rings (SSSR count). The van der Waals surface area contributed by atoms with Crippen LogP contribution in [-0.4, -0.2) is 10.8 Å². The lowest BCUT2D eigenvalue weighted by Crippen LogP contribution is -2.29. The zero-order valence-electron chi connectivity index (χ0n) is 13.3. The van der Waals surface area contributed by atoms with Gasteiger partial charge in [-0.3, -0.25) is 4.79 Å². The maximum absolute atomic E-state index is 13.0. The quantitative estimate of drug-likeness (QED) is 0.675. The summed E-state index contributed by atoms with van der Waals surface area (Å²) in [6.45, 7) is 5.18. The predicted octanol–water partition coefficient (Wildman–Crippen LogP) is 4.80. The molecule has 118 valence electrons. The Bertz CT molecular complexity index is 719. The molecule has 4 heteroatoms. The second-order valence-corrected chi connectivity index (χ2v) is 6.78. The molecule has 2 aromatic heterocycles. The summed E-state index contributed by atoms with van der Waals surface area (Å²) >= 11 is 1.67. The van der Waals surface area contributed by atoms with Crippen molar-refractivity contribution in [2.45, 2.75) is 26.9 Å². The van der Waals surface area contributed by atoms with Crippen LogP contribution in [0.15, 0.2) is 58.7 Å². The Labute approximate surface area is 140 Å². The van der Waals surface area contributed by atoms with E-state index in [-0.39, 0.29) is 5.91 Å². The number of amides is 1. The number of benzene rings is 1. The summed E-state index contributed by atoms with van der Waals surface area (Å²) in [6, 6.07) is 11.9. The van der Waals surface area contributed by atoms with E-state index in [1.54, 1.807) is 23.9 Å². The van der Waals surface area contributed by atoms with Gasteiger partial charge in [-0.15, -0.1) is 11.3 Å². The summed E-state index contributed by atoms with van der Waals surface area (Å²) in [7, 11) is 0. The third kappa shape index (κ3) is 3.90. The molecule has 0 unspecified atom stereocenters. The van der Waals surface area contributed by atoms with Crippen molar-refractivity contribution in [3.05, 3.63) is 81.4 Å². The van der Waals surface area contributed by atoms with E-state index in [1.165, 1.54) is 4.88 Å². The molecule has 3 nitrogen and oxygen atoms in total. The molecule has 0 aliphatic heterocycles. The summed E-state index contributed by atoms with van der Waals surface area (Å²) in [5.41, 5.74) is 3.95. The summed E-state index contributed by atoms with van der Waals surface area (Å²) in [6.07, 6.45) is 3.33. The molecule has 1 amide bonds. The third-order valence-corrected chi connectivity index (χ3v) is 4.50. The number of thiophene rings is 1. The maximum Gasteiger partial charge on any atom is 0.254 e. The van der Waals surface area contributed by atoms with Gasteiger partial charge in [0, 0.05) is 22.5 Å². The Balaban J connectivity index is 1.88. The molecule has 0 N–H and O–H groups in total. The van der Waals surface area contributed by atoms with E-state index in [9.17, 15) is 4.79 Å². The highest BCUT2D eigenvalue weighted by Crippen LogP contribution is 2.19. The molecular formula is C19H19NO2S. The van der Waals surface area contributed by atoms with Crippen LogP contribution in [0.1, 0.15) is 31.9 Å². The van der Waals surface area contributed by atoms with Gasteiger partial charge < -0.3 is 9.32 Å².